The lowest BCUT2D eigenvalue weighted by Gasteiger charge is -2.26. The number of nitrogens with one attached hydrogen (secondary N) is 1. The van der Waals surface area contributed by atoms with Gasteiger partial charge in [-0.1, -0.05) is 30.7 Å². The molecule has 1 N–H and O–H groups in total. The summed E-state index contributed by atoms with van der Waals surface area (Å²) in [6.45, 7) is 3.81. The summed E-state index contributed by atoms with van der Waals surface area (Å²) in [7, 11) is -2.89. The SMILES string of the molecule is CCN(CCC(=O)NCc1ccc(Cl)cc1)C1CCS(=O)(=O)C1. The predicted molar refractivity (Wildman–Crippen MR) is 92.2 cm³/mol. The number of benzene rings is 1. The highest BCUT2D eigenvalue weighted by atomic mass is 35.5. The van der Waals surface area contributed by atoms with Crippen molar-refractivity contribution >= 4 is 27.3 Å². The smallest absolute Gasteiger partial charge is 0.221 e. The fourth-order valence-electron chi connectivity index (χ4n) is 2.80. The van der Waals surface area contributed by atoms with Gasteiger partial charge in [0, 0.05) is 30.6 Å². The highest BCUT2D eigenvalue weighted by Crippen LogP contribution is 2.17. The Morgan fingerprint density at radius 3 is 2.61 bits per heavy atom. The number of nitrogens with zero attached hydrogens (tertiary/aromatic N) is 1. The van der Waals surface area contributed by atoms with Crippen LogP contribution in [-0.4, -0.2) is 49.9 Å². The fourth-order valence-corrected chi connectivity index (χ4v) is 4.69. The van der Waals surface area contributed by atoms with Gasteiger partial charge in [0.05, 0.1) is 11.5 Å². The average Bonchev–Trinajstić information content (AvgIpc) is 2.87. The van der Waals surface area contributed by atoms with Crippen LogP contribution in [0.2, 0.25) is 5.02 Å². The summed E-state index contributed by atoms with van der Waals surface area (Å²) in [6, 6.07) is 7.40. The van der Waals surface area contributed by atoms with Crippen molar-refractivity contribution in [2.45, 2.75) is 32.4 Å². The van der Waals surface area contributed by atoms with E-state index in [0.29, 0.717) is 31.0 Å². The minimum Gasteiger partial charge on any atom is -0.352 e. The highest BCUT2D eigenvalue weighted by Gasteiger charge is 2.31. The third kappa shape index (κ3) is 5.79. The molecular weight excluding hydrogens is 336 g/mol. The first-order chi connectivity index (χ1) is 10.9. The van der Waals surface area contributed by atoms with E-state index in [-0.39, 0.29) is 23.5 Å². The van der Waals surface area contributed by atoms with Crippen molar-refractivity contribution in [3.05, 3.63) is 34.9 Å². The summed E-state index contributed by atoms with van der Waals surface area (Å²) in [6.07, 6.45) is 1.04. The summed E-state index contributed by atoms with van der Waals surface area (Å²) in [4.78, 5) is 14.1. The summed E-state index contributed by atoms with van der Waals surface area (Å²) in [5, 5.41) is 3.55. The molecule has 0 radical (unpaired) electrons. The van der Waals surface area contributed by atoms with E-state index < -0.39 is 9.84 Å². The summed E-state index contributed by atoms with van der Waals surface area (Å²) in [5.41, 5.74) is 0.997. The molecule has 0 aliphatic carbocycles. The van der Waals surface area contributed by atoms with Crippen LogP contribution in [0.5, 0.6) is 0 Å². The number of rotatable bonds is 7. The molecule has 1 atom stereocenters. The molecule has 5 nitrogen and oxygen atoms in total. The van der Waals surface area contributed by atoms with Crippen LogP contribution in [0.25, 0.3) is 0 Å². The van der Waals surface area contributed by atoms with E-state index in [9.17, 15) is 13.2 Å². The molecule has 1 aliphatic rings. The molecule has 1 aromatic carbocycles. The van der Waals surface area contributed by atoms with E-state index in [4.69, 9.17) is 11.6 Å². The number of carbonyl (C=O) groups is 1. The van der Waals surface area contributed by atoms with E-state index in [0.717, 1.165) is 12.1 Å². The van der Waals surface area contributed by atoms with Crippen molar-refractivity contribution in [2.75, 3.05) is 24.6 Å². The van der Waals surface area contributed by atoms with Gasteiger partial charge in [0.2, 0.25) is 5.91 Å². The van der Waals surface area contributed by atoms with Crippen molar-refractivity contribution in [3.8, 4) is 0 Å². The molecule has 1 amide bonds. The fraction of sp³-hybridized carbons (Fsp3) is 0.562. The molecule has 0 saturated carbocycles. The first-order valence-electron chi connectivity index (χ1n) is 7.85. The first kappa shape index (κ1) is 18.2. The van der Waals surface area contributed by atoms with Gasteiger partial charge < -0.3 is 5.32 Å². The highest BCUT2D eigenvalue weighted by molar-refractivity contribution is 7.91. The van der Waals surface area contributed by atoms with Crippen LogP contribution in [0.1, 0.15) is 25.3 Å². The molecule has 1 saturated heterocycles. The molecule has 1 heterocycles. The Morgan fingerprint density at radius 2 is 2.04 bits per heavy atom. The molecule has 2 rings (SSSR count). The molecule has 1 unspecified atom stereocenters. The quantitative estimate of drug-likeness (QED) is 0.807. The maximum Gasteiger partial charge on any atom is 0.221 e. The second-order valence-corrected chi connectivity index (χ2v) is 8.50. The molecule has 0 bridgehead atoms. The van der Waals surface area contributed by atoms with Gasteiger partial charge in [0.15, 0.2) is 9.84 Å². The second kappa shape index (κ2) is 8.13. The van der Waals surface area contributed by atoms with Crippen LogP contribution in [0.3, 0.4) is 0 Å². The zero-order chi connectivity index (χ0) is 16.9. The molecule has 23 heavy (non-hydrogen) atoms. The van der Waals surface area contributed by atoms with E-state index in [1.807, 2.05) is 19.1 Å². The van der Waals surface area contributed by atoms with Crippen LogP contribution in [0, 0.1) is 0 Å². The average molecular weight is 359 g/mol. The van der Waals surface area contributed by atoms with Crippen molar-refractivity contribution < 1.29 is 13.2 Å². The molecule has 1 aromatic rings. The minimum atomic E-state index is -2.89. The zero-order valence-electron chi connectivity index (χ0n) is 13.3. The Bertz CT molecular complexity index is 631. The Kier molecular flexibility index (Phi) is 6.44. The van der Waals surface area contributed by atoms with Gasteiger partial charge in [-0.25, -0.2) is 8.42 Å². The lowest BCUT2D eigenvalue weighted by atomic mass is 10.2. The third-order valence-corrected chi connectivity index (χ3v) is 6.16. The standard InChI is InChI=1S/C16H23ClN2O3S/c1-2-19(15-8-10-23(21,22)12-15)9-7-16(20)18-11-13-3-5-14(17)6-4-13/h3-6,15H,2,7-12H2,1H3,(H,18,20). The third-order valence-electron chi connectivity index (χ3n) is 4.16. The maximum absolute atomic E-state index is 12.0. The van der Waals surface area contributed by atoms with Crippen molar-refractivity contribution in [2.24, 2.45) is 0 Å². The summed E-state index contributed by atoms with van der Waals surface area (Å²) >= 11 is 5.82. The number of amides is 1. The minimum absolute atomic E-state index is 0.0285. The largest absolute Gasteiger partial charge is 0.352 e. The van der Waals surface area contributed by atoms with Crippen molar-refractivity contribution in [1.29, 1.82) is 0 Å². The molecule has 1 aliphatic heterocycles. The molecule has 7 heteroatoms. The first-order valence-corrected chi connectivity index (χ1v) is 10.0. The Morgan fingerprint density at radius 1 is 1.35 bits per heavy atom. The van der Waals surface area contributed by atoms with Crippen LogP contribution in [0.15, 0.2) is 24.3 Å². The number of carbonyl (C=O) groups excluding carboxylic acids is 1. The lowest BCUT2D eigenvalue weighted by Crippen LogP contribution is -2.38. The second-order valence-electron chi connectivity index (χ2n) is 5.84. The number of sulfone groups is 1. The molecular formula is C16H23ClN2O3S. The van der Waals surface area contributed by atoms with Gasteiger partial charge in [-0.2, -0.15) is 0 Å². The topological polar surface area (TPSA) is 66.5 Å². The van der Waals surface area contributed by atoms with Gasteiger partial charge >= 0.3 is 0 Å². The van der Waals surface area contributed by atoms with Crippen LogP contribution in [-0.2, 0) is 21.2 Å². The van der Waals surface area contributed by atoms with Crippen molar-refractivity contribution in [1.82, 2.24) is 10.2 Å². The van der Waals surface area contributed by atoms with Gasteiger partial charge in [0.25, 0.3) is 0 Å². The number of hydrogen-bond donors (Lipinski definition) is 1. The van der Waals surface area contributed by atoms with Gasteiger partial charge in [-0.3, -0.25) is 9.69 Å². The summed E-state index contributed by atoms with van der Waals surface area (Å²) < 4.78 is 23.1. The molecule has 128 valence electrons. The van der Waals surface area contributed by atoms with E-state index in [1.165, 1.54) is 0 Å². The normalized spacial score (nSPS) is 19.9. The van der Waals surface area contributed by atoms with E-state index in [2.05, 4.69) is 10.2 Å². The van der Waals surface area contributed by atoms with E-state index in [1.54, 1.807) is 12.1 Å². The Labute approximate surface area is 142 Å². The number of hydrogen-bond acceptors (Lipinski definition) is 4. The van der Waals surface area contributed by atoms with E-state index >= 15 is 0 Å². The zero-order valence-corrected chi connectivity index (χ0v) is 14.9. The summed E-state index contributed by atoms with van der Waals surface area (Å²) in [5.74, 6) is 0.448. The van der Waals surface area contributed by atoms with Gasteiger partial charge in [-0.05, 0) is 30.7 Å². The maximum atomic E-state index is 12.0. The van der Waals surface area contributed by atoms with Gasteiger partial charge in [-0.15, -0.1) is 0 Å². The number of halogens is 1. The Hall–Kier alpha value is -1.11. The van der Waals surface area contributed by atoms with Crippen LogP contribution >= 0.6 is 11.6 Å². The van der Waals surface area contributed by atoms with Crippen LogP contribution < -0.4 is 5.32 Å². The molecule has 1 fully saturated rings. The Balaban J connectivity index is 1.75. The monoisotopic (exact) mass is 358 g/mol. The molecule has 0 aromatic heterocycles. The van der Waals surface area contributed by atoms with Gasteiger partial charge in [0.1, 0.15) is 0 Å². The van der Waals surface area contributed by atoms with Crippen LogP contribution in [0.4, 0.5) is 0 Å². The molecule has 0 spiro atoms. The van der Waals surface area contributed by atoms with Crippen molar-refractivity contribution in [3.63, 3.8) is 0 Å². The predicted octanol–water partition coefficient (Wildman–Crippen LogP) is 1.86. The lowest BCUT2D eigenvalue weighted by molar-refractivity contribution is -0.121.